The fraction of sp³-hybridized carbons (Fsp3) is 0.571. The highest BCUT2D eigenvalue weighted by Gasteiger charge is 2.09. The molecule has 1 aromatic carbocycles. The minimum absolute atomic E-state index is 0.118. The summed E-state index contributed by atoms with van der Waals surface area (Å²) in [6, 6.07) is 9.26. The average Bonchev–Trinajstić information content (AvgIpc) is 2.28. The van der Waals surface area contributed by atoms with E-state index in [1.54, 1.807) is 0 Å². The average molecular weight is 220 g/mol. The molecule has 1 rings (SSSR count). The minimum atomic E-state index is 0.118. The number of hydrogen-bond acceptors (Lipinski definition) is 2. The number of nitrogens with zero attached hydrogens (tertiary/aromatic N) is 1. The van der Waals surface area contributed by atoms with Crippen molar-refractivity contribution >= 4 is 5.69 Å². The second kappa shape index (κ2) is 5.90. The van der Waals surface area contributed by atoms with Crippen molar-refractivity contribution in [1.29, 1.82) is 0 Å². The third kappa shape index (κ3) is 3.24. The van der Waals surface area contributed by atoms with Crippen LogP contribution < -0.4 is 10.6 Å². The predicted octanol–water partition coefficient (Wildman–Crippen LogP) is 3.33. The molecule has 0 aliphatic carbocycles. The molecule has 0 heterocycles. The Kier molecular flexibility index (Phi) is 4.81. The van der Waals surface area contributed by atoms with E-state index in [-0.39, 0.29) is 6.04 Å². The van der Waals surface area contributed by atoms with Crippen LogP contribution >= 0.6 is 0 Å². The molecule has 2 heteroatoms. The highest BCUT2D eigenvalue weighted by molar-refractivity contribution is 5.48. The summed E-state index contributed by atoms with van der Waals surface area (Å²) in [4.78, 5) is 2.33. The molecule has 0 saturated heterocycles. The molecule has 0 fully saturated rings. The van der Waals surface area contributed by atoms with Gasteiger partial charge in [-0.25, -0.2) is 0 Å². The van der Waals surface area contributed by atoms with Gasteiger partial charge in [0, 0.05) is 24.8 Å². The lowest BCUT2D eigenvalue weighted by Gasteiger charge is -2.27. The van der Waals surface area contributed by atoms with E-state index in [2.05, 4.69) is 50.1 Å². The molecule has 0 aliphatic rings. The first-order valence-corrected chi connectivity index (χ1v) is 6.14. The van der Waals surface area contributed by atoms with Gasteiger partial charge in [-0.05, 0) is 38.0 Å². The topological polar surface area (TPSA) is 29.3 Å². The van der Waals surface area contributed by atoms with Crippen molar-refractivity contribution < 1.29 is 0 Å². The molecule has 2 atom stereocenters. The summed E-state index contributed by atoms with van der Waals surface area (Å²) < 4.78 is 0. The van der Waals surface area contributed by atoms with Gasteiger partial charge in [0.1, 0.15) is 0 Å². The van der Waals surface area contributed by atoms with Crippen LogP contribution in [0.5, 0.6) is 0 Å². The molecular formula is C14H24N2. The third-order valence-electron chi connectivity index (χ3n) is 3.19. The summed E-state index contributed by atoms with van der Waals surface area (Å²) in [6.45, 7) is 6.50. The van der Waals surface area contributed by atoms with Crippen molar-refractivity contribution in [2.45, 2.75) is 45.7 Å². The molecule has 1 unspecified atom stereocenters. The van der Waals surface area contributed by atoms with Crippen molar-refractivity contribution in [3.05, 3.63) is 29.8 Å². The van der Waals surface area contributed by atoms with Gasteiger partial charge in [-0.1, -0.05) is 25.5 Å². The number of nitrogens with two attached hydrogens (primary N) is 1. The lowest BCUT2D eigenvalue weighted by molar-refractivity contribution is 0.616. The van der Waals surface area contributed by atoms with Crippen LogP contribution in [0, 0.1) is 0 Å². The molecular weight excluding hydrogens is 196 g/mol. The number of anilines is 1. The minimum Gasteiger partial charge on any atom is -0.372 e. The Hall–Kier alpha value is -1.02. The fourth-order valence-corrected chi connectivity index (χ4v) is 1.88. The monoisotopic (exact) mass is 220 g/mol. The van der Waals surface area contributed by atoms with Crippen molar-refractivity contribution in [2.24, 2.45) is 5.73 Å². The van der Waals surface area contributed by atoms with Crippen LogP contribution in [0.15, 0.2) is 24.3 Å². The highest BCUT2D eigenvalue weighted by Crippen LogP contribution is 2.20. The van der Waals surface area contributed by atoms with Crippen molar-refractivity contribution in [3.63, 3.8) is 0 Å². The number of rotatable bonds is 5. The van der Waals surface area contributed by atoms with Crippen LogP contribution in [0.4, 0.5) is 5.69 Å². The molecule has 0 aliphatic heterocycles. The van der Waals surface area contributed by atoms with Crippen LogP contribution in [0.1, 0.15) is 45.2 Å². The van der Waals surface area contributed by atoms with Crippen LogP contribution in [-0.4, -0.2) is 13.1 Å². The SMILES string of the molecule is CCCC(C)N(C)c1ccc([C@H](C)N)cc1. The van der Waals surface area contributed by atoms with Crippen molar-refractivity contribution in [2.75, 3.05) is 11.9 Å². The predicted molar refractivity (Wildman–Crippen MR) is 71.8 cm³/mol. The van der Waals surface area contributed by atoms with Crippen LogP contribution in [0.25, 0.3) is 0 Å². The molecule has 0 spiro atoms. The Labute approximate surface area is 99.5 Å². The Morgan fingerprint density at radius 2 is 1.75 bits per heavy atom. The van der Waals surface area contributed by atoms with Gasteiger partial charge >= 0.3 is 0 Å². The zero-order chi connectivity index (χ0) is 12.1. The molecule has 16 heavy (non-hydrogen) atoms. The van der Waals surface area contributed by atoms with E-state index in [9.17, 15) is 0 Å². The number of benzene rings is 1. The fourth-order valence-electron chi connectivity index (χ4n) is 1.88. The van der Waals surface area contributed by atoms with Gasteiger partial charge in [-0.3, -0.25) is 0 Å². The third-order valence-corrected chi connectivity index (χ3v) is 3.19. The molecule has 90 valence electrons. The standard InChI is InChI=1S/C14H24N2/c1-5-6-11(2)16(4)14-9-7-13(8-10-14)12(3)15/h7-12H,5-6,15H2,1-4H3/t11?,12-/m0/s1. The van der Waals surface area contributed by atoms with E-state index in [0.717, 1.165) is 0 Å². The molecule has 2 nitrogen and oxygen atoms in total. The zero-order valence-corrected chi connectivity index (χ0v) is 10.9. The highest BCUT2D eigenvalue weighted by atomic mass is 15.1. The Morgan fingerprint density at radius 3 is 2.19 bits per heavy atom. The largest absolute Gasteiger partial charge is 0.372 e. The summed E-state index contributed by atoms with van der Waals surface area (Å²) in [5.41, 5.74) is 8.30. The van der Waals surface area contributed by atoms with Gasteiger partial charge in [0.2, 0.25) is 0 Å². The number of hydrogen-bond donors (Lipinski definition) is 1. The van der Waals surface area contributed by atoms with Crippen LogP contribution in [-0.2, 0) is 0 Å². The smallest absolute Gasteiger partial charge is 0.0366 e. The summed E-state index contributed by atoms with van der Waals surface area (Å²) in [7, 11) is 2.15. The van der Waals surface area contributed by atoms with Gasteiger partial charge in [-0.2, -0.15) is 0 Å². The van der Waals surface area contributed by atoms with E-state index in [1.807, 2.05) is 6.92 Å². The quantitative estimate of drug-likeness (QED) is 0.824. The van der Waals surface area contributed by atoms with Crippen molar-refractivity contribution in [1.82, 2.24) is 0 Å². The second-order valence-electron chi connectivity index (χ2n) is 4.63. The summed E-state index contributed by atoms with van der Waals surface area (Å²) in [6.07, 6.45) is 2.45. The van der Waals surface area contributed by atoms with Gasteiger partial charge < -0.3 is 10.6 Å². The zero-order valence-electron chi connectivity index (χ0n) is 10.9. The van der Waals surface area contributed by atoms with Crippen LogP contribution in [0.2, 0.25) is 0 Å². The molecule has 2 N–H and O–H groups in total. The van der Waals surface area contributed by atoms with Gasteiger partial charge in [0.05, 0.1) is 0 Å². The Bertz CT molecular complexity index is 303. The summed E-state index contributed by atoms with van der Waals surface area (Å²) in [5.74, 6) is 0. The molecule has 1 aromatic rings. The maximum atomic E-state index is 5.83. The van der Waals surface area contributed by atoms with E-state index in [1.165, 1.54) is 24.1 Å². The molecule has 0 bridgehead atoms. The molecule has 0 amide bonds. The van der Waals surface area contributed by atoms with Crippen molar-refractivity contribution in [3.8, 4) is 0 Å². The van der Waals surface area contributed by atoms with E-state index in [0.29, 0.717) is 6.04 Å². The first kappa shape index (κ1) is 13.0. The van der Waals surface area contributed by atoms with E-state index >= 15 is 0 Å². The summed E-state index contributed by atoms with van der Waals surface area (Å²) in [5, 5.41) is 0. The first-order chi connectivity index (χ1) is 7.56. The van der Waals surface area contributed by atoms with E-state index < -0.39 is 0 Å². The van der Waals surface area contributed by atoms with Crippen LogP contribution in [0.3, 0.4) is 0 Å². The first-order valence-electron chi connectivity index (χ1n) is 6.14. The molecule has 0 saturated carbocycles. The summed E-state index contributed by atoms with van der Waals surface area (Å²) >= 11 is 0. The van der Waals surface area contributed by atoms with Gasteiger partial charge in [-0.15, -0.1) is 0 Å². The second-order valence-corrected chi connectivity index (χ2v) is 4.63. The normalized spacial score (nSPS) is 14.6. The molecule has 0 aromatic heterocycles. The maximum Gasteiger partial charge on any atom is 0.0366 e. The maximum absolute atomic E-state index is 5.83. The van der Waals surface area contributed by atoms with Gasteiger partial charge in [0.15, 0.2) is 0 Å². The lowest BCUT2D eigenvalue weighted by atomic mass is 10.1. The Balaban J connectivity index is 2.73. The van der Waals surface area contributed by atoms with Gasteiger partial charge in [0.25, 0.3) is 0 Å². The van der Waals surface area contributed by atoms with E-state index in [4.69, 9.17) is 5.73 Å². The molecule has 0 radical (unpaired) electrons. The Morgan fingerprint density at radius 1 is 1.19 bits per heavy atom. The lowest BCUT2D eigenvalue weighted by Crippen LogP contribution is -2.28.